The van der Waals surface area contributed by atoms with E-state index in [4.69, 9.17) is 14.2 Å². The van der Waals surface area contributed by atoms with Gasteiger partial charge in [0.15, 0.2) is 17.3 Å². The Morgan fingerprint density at radius 1 is 1.14 bits per heavy atom. The highest BCUT2D eigenvalue weighted by molar-refractivity contribution is 9.10. The molecule has 1 aromatic heterocycles. The van der Waals surface area contributed by atoms with E-state index in [0.717, 1.165) is 10.7 Å². The number of aromatic amines is 1. The largest absolute Gasteiger partial charge is 0.493 e. The summed E-state index contributed by atoms with van der Waals surface area (Å²) in [7, 11) is 2.76. The number of para-hydroxylation sites is 2. The monoisotopic (exact) mass is 672 g/mol. The van der Waals surface area contributed by atoms with Gasteiger partial charge in [0, 0.05) is 34.4 Å². The van der Waals surface area contributed by atoms with E-state index in [9.17, 15) is 19.7 Å². The molecule has 44 heavy (non-hydrogen) atoms. The quantitative estimate of drug-likeness (QED) is 0.143. The lowest BCUT2D eigenvalue weighted by Gasteiger charge is -2.22. The Hall–Kier alpha value is -4.92. The standard InChI is InChI=1S/C29H30BrFN6O7/c1-29(2,3)44-28(39)32-15-16-12-17(10-11-19(16)30)33-25(18-13-23(42-4)24(43-5)14-20(18)31)26-34-27(38)36(35-26)21-8-6-7-9-22(21)37(40)41/h6-14,25,33H,15H2,1-5H3,(H,32,39)(H,34,35,38). The van der Waals surface area contributed by atoms with Gasteiger partial charge in [-0.05, 0) is 56.7 Å². The number of nitrogens with zero attached hydrogens (tertiary/aromatic N) is 3. The van der Waals surface area contributed by atoms with Gasteiger partial charge in [-0.1, -0.05) is 28.1 Å². The topological polar surface area (TPSA) is 163 Å². The number of carbonyl (C=O) groups is 1. The molecule has 1 unspecified atom stereocenters. The molecule has 0 saturated heterocycles. The summed E-state index contributed by atoms with van der Waals surface area (Å²) < 4.78 is 33.1. The highest BCUT2D eigenvalue weighted by Gasteiger charge is 2.27. The highest BCUT2D eigenvalue weighted by atomic mass is 79.9. The fourth-order valence-electron chi connectivity index (χ4n) is 4.26. The van der Waals surface area contributed by atoms with Crippen molar-refractivity contribution >= 4 is 33.4 Å². The Morgan fingerprint density at radius 2 is 1.82 bits per heavy atom. The van der Waals surface area contributed by atoms with E-state index in [1.165, 1.54) is 44.6 Å². The summed E-state index contributed by atoms with van der Waals surface area (Å²) in [4.78, 5) is 38.9. The van der Waals surface area contributed by atoms with Crippen molar-refractivity contribution in [2.24, 2.45) is 0 Å². The van der Waals surface area contributed by atoms with Crippen LogP contribution in [0.3, 0.4) is 0 Å². The van der Waals surface area contributed by atoms with Crippen LogP contribution in [-0.4, -0.2) is 45.6 Å². The third-order valence-electron chi connectivity index (χ3n) is 6.21. The molecule has 1 heterocycles. The normalized spacial score (nSPS) is 11.9. The fraction of sp³-hybridized carbons (Fsp3) is 0.276. The number of nitrogens with one attached hydrogen (secondary N) is 3. The summed E-state index contributed by atoms with van der Waals surface area (Å²) in [6.45, 7) is 5.36. The van der Waals surface area contributed by atoms with Crippen LogP contribution in [0.1, 0.15) is 43.8 Å². The van der Waals surface area contributed by atoms with Crippen molar-refractivity contribution in [3.63, 3.8) is 0 Å². The Labute approximate surface area is 259 Å². The number of nitro benzene ring substituents is 1. The molecule has 15 heteroatoms. The molecule has 0 aliphatic heterocycles. The number of H-pyrrole nitrogens is 1. The predicted octanol–water partition coefficient (Wildman–Crippen LogP) is 5.61. The zero-order valence-corrected chi connectivity index (χ0v) is 26.0. The maximum absolute atomic E-state index is 15.6. The Balaban J connectivity index is 1.78. The van der Waals surface area contributed by atoms with E-state index in [0.29, 0.717) is 15.7 Å². The van der Waals surface area contributed by atoms with Crippen LogP contribution in [0, 0.1) is 15.9 Å². The summed E-state index contributed by atoms with van der Waals surface area (Å²) in [6.07, 6.45) is -0.605. The molecule has 0 spiro atoms. The number of carbonyl (C=O) groups excluding carboxylic acids is 1. The van der Waals surface area contributed by atoms with Crippen molar-refractivity contribution < 1.29 is 28.3 Å². The molecule has 232 valence electrons. The number of benzene rings is 3. The molecule has 1 atom stereocenters. The van der Waals surface area contributed by atoms with Gasteiger partial charge >= 0.3 is 11.8 Å². The Kier molecular flexibility index (Phi) is 9.57. The number of anilines is 1. The first-order valence-corrected chi connectivity index (χ1v) is 14.0. The van der Waals surface area contributed by atoms with Crippen molar-refractivity contribution in [2.75, 3.05) is 19.5 Å². The van der Waals surface area contributed by atoms with Gasteiger partial charge in [-0.2, -0.15) is 4.68 Å². The zero-order valence-electron chi connectivity index (χ0n) is 24.4. The average Bonchev–Trinajstić information content (AvgIpc) is 3.35. The molecule has 0 bridgehead atoms. The number of amides is 1. The van der Waals surface area contributed by atoms with Gasteiger partial charge in [-0.25, -0.2) is 14.0 Å². The fourth-order valence-corrected chi connectivity index (χ4v) is 4.65. The summed E-state index contributed by atoms with van der Waals surface area (Å²) in [5.74, 6) is -0.388. The number of nitro groups is 1. The number of hydrogen-bond donors (Lipinski definition) is 3. The van der Waals surface area contributed by atoms with Crippen molar-refractivity contribution in [2.45, 2.75) is 39.0 Å². The number of ether oxygens (including phenoxy) is 3. The highest BCUT2D eigenvalue weighted by Crippen LogP contribution is 2.36. The SMILES string of the molecule is COc1cc(F)c(C(Nc2ccc(Br)c(CNC(=O)OC(C)(C)C)c2)c2nn(-c3ccccc3[N+](=O)[O-])c(=O)[nH]2)cc1OC. The first-order valence-electron chi connectivity index (χ1n) is 13.2. The second-order valence-corrected chi connectivity index (χ2v) is 11.3. The van der Waals surface area contributed by atoms with Gasteiger partial charge in [0.05, 0.1) is 19.1 Å². The minimum atomic E-state index is -1.13. The molecule has 3 aromatic carbocycles. The van der Waals surface area contributed by atoms with Gasteiger partial charge in [0.1, 0.15) is 23.1 Å². The molecule has 0 fully saturated rings. The van der Waals surface area contributed by atoms with Crippen LogP contribution in [-0.2, 0) is 11.3 Å². The lowest BCUT2D eigenvalue weighted by atomic mass is 10.0. The zero-order chi connectivity index (χ0) is 32.2. The molecule has 3 N–H and O–H groups in total. The van der Waals surface area contributed by atoms with E-state index in [2.05, 4.69) is 36.6 Å². The van der Waals surface area contributed by atoms with Crippen LogP contribution in [0.5, 0.6) is 11.5 Å². The van der Waals surface area contributed by atoms with Gasteiger partial charge in [0.2, 0.25) is 0 Å². The van der Waals surface area contributed by atoms with Gasteiger partial charge < -0.3 is 24.8 Å². The van der Waals surface area contributed by atoms with Crippen molar-refractivity contribution in [3.8, 4) is 17.2 Å². The van der Waals surface area contributed by atoms with Crippen LogP contribution in [0.25, 0.3) is 5.69 Å². The molecule has 4 rings (SSSR count). The van der Waals surface area contributed by atoms with Crippen LogP contribution in [0.15, 0.2) is 63.9 Å². The molecule has 0 saturated carbocycles. The second-order valence-electron chi connectivity index (χ2n) is 10.4. The van der Waals surface area contributed by atoms with Crippen LogP contribution < -0.4 is 25.8 Å². The van der Waals surface area contributed by atoms with Crippen molar-refractivity contribution in [1.82, 2.24) is 20.1 Å². The minimum absolute atomic E-state index is 0.0301. The van der Waals surface area contributed by atoms with E-state index >= 15 is 4.39 Å². The lowest BCUT2D eigenvalue weighted by molar-refractivity contribution is -0.384. The molecule has 0 aliphatic rings. The van der Waals surface area contributed by atoms with E-state index in [1.54, 1.807) is 39.0 Å². The van der Waals surface area contributed by atoms with Crippen LogP contribution >= 0.6 is 15.9 Å². The number of rotatable bonds is 10. The van der Waals surface area contributed by atoms with Gasteiger partial charge in [-0.15, -0.1) is 5.10 Å². The van der Waals surface area contributed by atoms with Crippen LogP contribution in [0.4, 0.5) is 20.6 Å². The molecule has 1 amide bonds. The third kappa shape index (κ3) is 7.34. The number of alkyl carbamates (subject to hydrolysis) is 1. The van der Waals surface area contributed by atoms with E-state index in [-0.39, 0.29) is 40.8 Å². The Bertz CT molecular complexity index is 1750. The van der Waals surface area contributed by atoms with E-state index in [1.807, 2.05) is 0 Å². The molecule has 0 radical (unpaired) electrons. The van der Waals surface area contributed by atoms with E-state index < -0.39 is 34.2 Å². The third-order valence-corrected chi connectivity index (χ3v) is 6.98. The number of aromatic nitrogens is 3. The molecule has 0 aliphatic carbocycles. The number of halogens is 2. The second kappa shape index (κ2) is 13.2. The van der Waals surface area contributed by atoms with Crippen LogP contribution in [0.2, 0.25) is 0 Å². The maximum atomic E-state index is 15.6. The molecule has 13 nitrogen and oxygen atoms in total. The molecular formula is C29H30BrFN6O7. The summed E-state index contributed by atoms with van der Waals surface area (Å²) in [5.41, 5.74) is -0.717. The molecule has 4 aromatic rings. The summed E-state index contributed by atoms with van der Waals surface area (Å²) >= 11 is 3.47. The number of hydrogen-bond acceptors (Lipinski definition) is 9. The first kappa shape index (κ1) is 32.0. The average molecular weight is 673 g/mol. The summed E-state index contributed by atoms with van der Waals surface area (Å²) in [6, 6.07) is 12.2. The lowest BCUT2D eigenvalue weighted by Crippen LogP contribution is -2.32. The van der Waals surface area contributed by atoms with Crippen molar-refractivity contribution in [1.29, 1.82) is 0 Å². The van der Waals surface area contributed by atoms with Crippen molar-refractivity contribution in [3.05, 3.63) is 102 Å². The van der Waals surface area contributed by atoms with Gasteiger partial charge in [0.25, 0.3) is 5.69 Å². The smallest absolute Gasteiger partial charge is 0.407 e. The molecular weight excluding hydrogens is 643 g/mol. The van der Waals surface area contributed by atoms with Gasteiger partial charge in [-0.3, -0.25) is 15.1 Å². The Morgan fingerprint density at radius 3 is 2.48 bits per heavy atom. The number of methoxy groups -OCH3 is 2. The first-order chi connectivity index (χ1) is 20.8. The minimum Gasteiger partial charge on any atom is -0.493 e. The summed E-state index contributed by atoms with van der Waals surface area (Å²) in [5, 5.41) is 21.8. The predicted molar refractivity (Wildman–Crippen MR) is 163 cm³/mol. The maximum Gasteiger partial charge on any atom is 0.407 e.